The minimum absolute atomic E-state index is 0.583. The van der Waals surface area contributed by atoms with Crippen LogP contribution in [-0.4, -0.2) is 19.5 Å². The molecule has 0 unspecified atom stereocenters. The maximum absolute atomic E-state index is 6.76. The molecule has 5 heteroatoms. The molecule has 0 aliphatic rings. The minimum Gasteiger partial charge on any atom is -0.454 e. The van der Waals surface area contributed by atoms with E-state index in [9.17, 15) is 0 Å². The zero-order valence-corrected chi connectivity index (χ0v) is 26.8. The van der Waals surface area contributed by atoms with E-state index in [2.05, 4.69) is 102 Å². The number of hydrogen-bond acceptors (Lipinski definition) is 4. The number of rotatable bonds is 6. The number of aromatic nitrogens is 4. The fourth-order valence-electron chi connectivity index (χ4n) is 6.96. The van der Waals surface area contributed by atoms with Gasteiger partial charge in [-0.1, -0.05) is 128 Å². The summed E-state index contributed by atoms with van der Waals surface area (Å²) in [5.74, 6) is 1.79. The molecular formula is C44H30N4O. The summed E-state index contributed by atoms with van der Waals surface area (Å²) in [5, 5.41) is 4.38. The summed E-state index contributed by atoms with van der Waals surface area (Å²) in [6, 6.07) is 47.8. The van der Waals surface area contributed by atoms with E-state index in [-0.39, 0.29) is 0 Å². The fraction of sp³-hybridized carbons (Fsp3) is 0.0227. The number of hydrogen-bond donors (Lipinski definition) is 0. The van der Waals surface area contributed by atoms with Crippen molar-refractivity contribution >= 4 is 49.3 Å². The number of nitrogens with zero attached hydrogens (tertiary/aromatic N) is 4. The molecule has 9 rings (SSSR count). The Morgan fingerprint density at radius 3 is 1.96 bits per heavy atom. The van der Waals surface area contributed by atoms with Gasteiger partial charge in [0.1, 0.15) is 5.58 Å². The minimum atomic E-state index is 0.583. The van der Waals surface area contributed by atoms with E-state index in [0.29, 0.717) is 17.5 Å². The Hall–Kier alpha value is -6.59. The lowest BCUT2D eigenvalue weighted by Crippen LogP contribution is -2.00. The smallest absolute Gasteiger partial charge is 0.164 e. The highest BCUT2D eigenvalue weighted by Gasteiger charge is 2.21. The second-order valence-corrected chi connectivity index (χ2v) is 12.0. The summed E-state index contributed by atoms with van der Waals surface area (Å²) < 4.78 is 9.06. The number of allylic oxidation sites excluding steroid dienone is 3. The molecule has 0 saturated heterocycles. The highest BCUT2D eigenvalue weighted by atomic mass is 16.3. The van der Waals surface area contributed by atoms with E-state index in [0.717, 1.165) is 66.5 Å². The quantitative estimate of drug-likeness (QED) is 0.172. The van der Waals surface area contributed by atoms with Gasteiger partial charge in [0.25, 0.3) is 0 Å². The van der Waals surface area contributed by atoms with Gasteiger partial charge in [-0.2, -0.15) is 0 Å². The second kappa shape index (κ2) is 11.6. The average molecular weight is 631 g/mol. The third-order valence-corrected chi connectivity index (χ3v) is 9.22. The lowest BCUT2D eigenvalue weighted by Gasteiger charge is -2.10. The SMILES string of the molecule is C=C/C(=C\C)c1cccc(-c2nc(-c3ccccc3)nc(-c3cccc4oc5c(-n6c7ccccc7c7ccccc76)cccc5c34)n2)c1. The summed E-state index contributed by atoms with van der Waals surface area (Å²) in [4.78, 5) is 15.2. The Balaban J connectivity index is 1.30. The molecule has 0 atom stereocenters. The number of furan rings is 1. The fourth-order valence-corrected chi connectivity index (χ4v) is 6.96. The summed E-state index contributed by atoms with van der Waals surface area (Å²) >= 11 is 0. The van der Waals surface area contributed by atoms with Crippen molar-refractivity contribution in [2.45, 2.75) is 6.92 Å². The first-order valence-electron chi connectivity index (χ1n) is 16.4. The number of fused-ring (bicyclic) bond motifs is 6. The molecule has 6 aromatic carbocycles. The van der Waals surface area contributed by atoms with Crippen molar-refractivity contribution in [3.05, 3.63) is 164 Å². The van der Waals surface area contributed by atoms with Crippen molar-refractivity contribution in [3.8, 4) is 39.9 Å². The second-order valence-electron chi connectivity index (χ2n) is 12.0. The normalized spacial score (nSPS) is 12.0. The molecule has 0 spiro atoms. The molecule has 0 aliphatic carbocycles. The van der Waals surface area contributed by atoms with Gasteiger partial charge in [0, 0.05) is 38.2 Å². The highest BCUT2D eigenvalue weighted by molar-refractivity contribution is 6.15. The Labute approximate surface area is 283 Å². The molecule has 3 heterocycles. The molecule has 0 bridgehead atoms. The van der Waals surface area contributed by atoms with Gasteiger partial charge in [-0.15, -0.1) is 0 Å². The van der Waals surface area contributed by atoms with Crippen LogP contribution in [0.4, 0.5) is 0 Å². The van der Waals surface area contributed by atoms with Crippen LogP contribution in [0.5, 0.6) is 0 Å². The van der Waals surface area contributed by atoms with Gasteiger partial charge in [0.2, 0.25) is 0 Å². The van der Waals surface area contributed by atoms with Gasteiger partial charge < -0.3 is 8.98 Å². The molecule has 0 amide bonds. The van der Waals surface area contributed by atoms with Crippen LogP contribution >= 0.6 is 0 Å². The van der Waals surface area contributed by atoms with Crippen LogP contribution in [0, 0.1) is 0 Å². The third kappa shape index (κ3) is 4.67. The molecule has 5 nitrogen and oxygen atoms in total. The molecule has 9 aromatic rings. The van der Waals surface area contributed by atoms with Gasteiger partial charge in [-0.25, -0.2) is 15.0 Å². The Bertz CT molecular complexity index is 2700. The van der Waals surface area contributed by atoms with E-state index in [1.54, 1.807) is 0 Å². The topological polar surface area (TPSA) is 56.7 Å². The van der Waals surface area contributed by atoms with Crippen LogP contribution in [0.3, 0.4) is 0 Å². The Morgan fingerprint density at radius 1 is 0.612 bits per heavy atom. The Morgan fingerprint density at radius 2 is 1.22 bits per heavy atom. The van der Waals surface area contributed by atoms with Crippen molar-refractivity contribution in [2.24, 2.45) is 0 Å². The molecule has 0 radical (unpaired) electrons. The molecule has 0 aliphatic heterocycles. The number of para-hydroxylation sites is 3. The maximum Gasteiger partial charge on any atom is 0.164 e. The molecule has 0 N–H and O–H groups in total. The molecule has 49 heavy (non-hydrogen) atoms. The average Bonchev–Trinajstić information content (AvgIpc) is 3.72. The maximum atomic E-state index is 6.76. The molecule has 232 valence electrons. The predicted octanol–water partition coefficient (Wildman–Crippen LogP) is 11.5. The van der Waals surface area contributed by atoms with Gasteiger partial charge in [0.15, 0.2) is 23.1 Å². The lowest BCUT2D eigenvalue weighted by molar-refractivity contribution is 0.666. The standard InChI is InChI=1S/C44H30N4O/c1-3-28(4-2)30-17-12-18-31(27-30)43-45-42(29-15-6-5-7-16-29)46-44(47-43)35-22-14-26-39-40(35)34-21-13-25-38(41(34)49-39)48-36-23-10-8-19-32(36)33-20-9-11-24-37(33)48/h3-27H,1H2,2H3/b28-4+. The molecule has 0 saturated carbocycles. The van der Waals surface area contributed by atoms with Gasteiger partial charge >= 0.3 is 0 Å². The largest absolute Gasteiger partial charge is 0.454 e. The molecule has 0 fully saturated rings. The van der Waals surface area contributed by atoms with E-state index in [4.69, 9.17) is 19.4 Å². The van der Waals surface area contributed by atoms with Gasteiger partial charge in [-0.3, -0.25) is 0 Å². The van der Waals surface area contributed by atoms with Crippen LogP contribution in [0.1, 0.15) is 12.5 Å². The zero-order valence-electron chi connectivity index (χ0n) is 26.8. The molecular weight excluding hydrogens is 601 g/mol. The van der Waals surface area contributed by atoms with Crippen molar-refractivity contribution in [1.29, 1.82) is 0 Å². The summed E-state index contributed by atoms with van der Waals surface area (Å²) in [6.45, 7) is 6.01. The first kappa shape index (κ1) is 28.6. The summed E-state index contributed by atoms with van der Waals surface area (Å²) in [6.07, 6.45) is 3.92. The van der Waals surface area contributed by atoms with Gasteiger partial charge in [-0.05, 0) is 48.4 Å². The van der Waals surface area contributed by atoms with Gasteiger partial charge in [0.05, 0.1) is 16.7 Å². The van der Waals surface area contributed by atoms with E-state index < -0.39 is 0 Å². The summed E-state index contributed by atoms with van der Waals surface area (Å²) in [5.41, 5.74) is 9.63. The van der Waals surface area contributed by atoms with Crippen LogP contribution in [0.15, 0.2) is 163 Å². The van der Waals surface area contributed by atoms with Crippen molar-refractivity contribution < 1.29 is 4.42 Å². The Kier molecular flexibility index (Phi) is 6.76. The first-order chi connectivity index (χ1) is 24.2. The zero-order chi connectivity index (χ0) is 32.9. The van der Waals surface area contributed by atoms with Crippen LogP contribution in [0.25, 0.3) is 89.2 Å². The van der Waals surface area contributed by atoms with Crippen molar-refractivity contribution in [3.63, 3.8) is 0 Å². The predicted molar refractivity (Wildman–Crippen MR) is 202 cm³/mol. The van der Waals surface area contributed by atoms with Crippen LogP contribution in [0.2, 0.25) is 0 Å². The highest BCUT2D eigenvalue weighted by Crippen LogP contribution is 2.41. The third-order valence-electron chi connectivity index (χ3n) is 9.22. The monoisotopic (exact) mass is 630 g/mol. The molecule has 3 aromatic heterocycles. The number of benzene rings is 6. The van der Waals surface area contributed by atoms with E-state index in [1.807, 2.05) is 67.6 Å². The van der Waals surface area contributed by atoms with Crippen LogP contribution < -0.4 is 0 Å². The van der Waals surface area contributed by atoms with E-state index in [1.165, 1.54) is 10.8 Å². The lowest BCUT2D eigenvalue weighted by atomic mass is 10.0. The van der Waals surface area contributed by atoms with Crippen molar-refractivity contribution in [2.75, 3.05) is 0 Å². The van der Waals surface area contributed by atoms with Crippen molar-refractivity contribution in [1.82, 2.24) is 19.5 Å². The first-order valence-corrected chi connectivity index (χ1v) is 16.4. The summed E-state index contributed by atoms with van der Waals surface area (Å²) in [7, 11) is 0. The van der Waals surface area contributed by atoms with E-state index >= 15 is 0 Å². The van der Waals surface area contributed by atoms with Crippen LogP contribution in [-0.2, 0) is 0 Å².